The van der Waals surface area contributed by atoms with Crippen LogP contribution in [-0.4, -0.2) is 45.7 Å². The summed E-state index contributed by atoms with van der Waals surface area (Å²) in [5.74, 6) is -1.11. The molecule has 1 rings (SSSR count). The maximum atomic E-state index is 10.7. The van der Waals surface area contributed by atoms with Gasteiger partial charge in [-0.15, -0.1) is 0 Å². The van der Waals surface area contributed by atoms with Crippen LogP contribution >= 0.6 is 0 Å². The molecule has 0 aromatic carbocycles. The summed E-state index contributed by atoms with van der Waals surface area (Å²) < 4.78 is 5.18. The zero-order valence-electron chi connectivity index (χ0n) is 8.25. The first kappa shape index (κ1) is 11.4. The molecule has 0 bridgehead atoms. The van der Waals surface area contributed by atoms with Crippen LogP contribution in [0.5, 0.6) is 0 Å². The monoisotopic (exact) mass is 204 g/mol. The van der Waals surface area contributed by atoms with Crippen LogP contribution in [0.25, 0.3) is 0 Å². The first-order valence-corrected chi connectivity index (χ1v) is 4.68. The Labute approximate surface area is 82.3 Å². The first-order valence-electron chi connectivity index (χ1n) is 4.68. The van der Waals surface area contributed by atoms with Gasteiger partial charge in [0.15, 0.2) is 6.10 Å². The molecule has 0 aliphatic carbocycles. The van der Waals surface area contributed by atoms with E-state index in [2.05, 4.69) is 0 Å². The highest BCUT2D eigenvalue weighted by atomic mass is 16.5. The lowest BCUT2D eigenvalue weighted by atomic mass is 9.92. The number of hydrogen-bond donors (Lipinski definition) is 3. The Balaban J connectivity index is 2.71. The molecule has 0 radical (unpaired) electrons. The van der Waals surface area contributed by atoms with Gasteiger partial charge < -0.3 is 20.1 Å². The van der Waals surface area contributed by atoms with E-state index in [1.807, 2.05) is 13.8 Å². The van der Waals surface area contributed by atoms with Gasteiger partial charge in [0.25, 0.3) is 0 Å². The second-order valence-electron chi connectivity index (χ2n) is 3.97. The third-order valence-corrected chi connectivity index (χ3v) is 2.49. The number of ether oxygens (including phenoxy) is 1. The van der Waals surface area contributed by atoms with Gasteiger partial charge >= 0.3 is 5.97 Å². The Morgan fingerprint density at radius 2 is 2.00 bits per heavy atom. The molecule has 1 fully saturated rings. The van der Waals surface area contributed by atoms with Crippen LogP contribution < -0.4 is 0 Å². The summed E-state index contributed by atoms with van der Waals surface area (Å²) in [5.41, 5.74) is 0. The Morgan fingerprint density at radius 3 is 2.43 bits per heavy atom. The van der Waals surface area contributed by atoms with E-state index in [1.165, 1.54) is 0 Å². The van der Waals surface area contributed by atoms with Crippen LogP contribution in [0.2, 0.25) is 0 Å². The minimum atomic E-state index is -1.33. The van der Waals surface area contributed by atoms with E-state index in [4.69, 9.17) is 9.84 Å². The van der Waals surface area contributed by atoms with Crippen LogP contribution in [-0.2, 0) is 9.53 Å². The number of carbonyl (C=O) groups is 1. The van der Waals surface area contributed by atoms with Crippen molar-refractivity contribution >= 4 is 5.97 Å². The molecule has 0 aromatic rings. The lowest BCUT2D eigenvalue weighted by Crippen LogP contribution is -2.52. The first-order chi connectivity index (χ1) is 6.43. The van der Waals surface area contributed by atoms with Gasteiger partial charge in [-0.05, 0) is 5.92 Å². The minimum absolute atomic E-state index is 0.124. The highest BCUT2D eigenvalue weighted by Gasteiger charge is 2.41. The summed E-state index contributed by atoms with van der Waals surface area (Å²) in [6.07, 6.45) is -3.69. The van der Waals surface area contributed by atoms with Crippen LogP contribution in [0, 0.1) is 5.92 Å². The molecule has 1 heterocycles. The molecule has 1 saturated heterocycles. The minimum Gasteiger partial charge on any atom is -0.479 e. The van der Waals surface area contributed by atoms with Crippen molar-refractivity contribution in [1.29, 1.82) is 0 Å². The van der Waals surface area contributed by atoms with Gasteiger partial charge in [0.05, 0.1) is 12.2 Å². The summed E-state index contributed by atoms with van der Waals surface area (Å²) >= 11 is 0. The molecule has 1 aliphatic rings. The molecule has 0 saturated carbocycles. The second kappa shape index (κ2) is 4.25. The van der Waals surface area contributed by atoms with Crippen molar-refractivity contribution in [3.63, 3.8) is 0 Å². The Hall–Kier alpha value is -0.650. The molecule has 0 unspecified atom stereocenters. The average Bonchev–Trinajstić information content (AvgIpc) is 2.08. The number of aliphatic hydroxyl groups is 2. The zero-order valence-corrected chi connectivity index (χ0v) is 8.25. The van der Waals surface area contributed by atoms with Gasteiger partial charge in [-0.1, -0.05) is 13.8 Å². The van der Waals surface area contributed by atoms with Crippen LogP contribution in [0.15, 0.2) is 0 Å². The molecule has 4 atom stereocenters. The molecule has 5 nitrogen and oxygen atoms in total. The summed E-state index contributed by atoms with van der Waals surface area (Å²) in [7, 11) is 0. The van der Waals surface area contributed by atoms with Gasteiger partial charge in [0.2, 0.25) is 0 Å². The van der Waals surface area contributed by atoms with Crippen molar-refractivity contribution in [1.82, 2.24) is 0 Å². The summed E-state index contributed by atoms with van der Waals surface area (Å²) in [6, 6.07) is 0. The van der Waals surface area contributed by atoms with Crippen LogP contribution in [0.3, 0.4) is 0 Å². The summed E-state index contributed by atoms with van der Waals surface area (Å²) in [5, 5.41) is 27.5. The maximum Gasteiger partial charge on any atom is 0.335 e. The predicted octanol–water partition coefficient (Wildman–Crippen LogP) is -0.394. The number of carboxylic acid groups (broad SMARTS) is 1. The lowest BCUT2D eigenvalue weighted by Gasteiger charge is -2.36. The van der Waals surface area contributed by atoms with Gasteiger partial charge in [0, 0.05) is 6.42 Å². The largest absolute Gasteiger partial charge is 0.479 e. The molecular weight excluding hydrogens is 188 g/mol. The van der Waals surface area contributed by atoms with E-state index in [0.29, 0.717) is 0 Å². The fraction of sp³-hybridized carbons (Fsp3) is 0.889. The highest BCUT2D eigenvalue weighted by molar-refractivity contribution is 5.73. The molecule has 0 spiro atoms. The van der Waals surface area contributed by atoms with Crippen molar-refractivity contribution in [2.45, 2.75) is 44.7 Å². The lowest BCUT2D eigenvalue weighted by molar-refractivity contribution is -0.198. The average molecular weight is 204 g/mol. The fourth-order valence-corrected chi connectivity index (χ4v) is 1.54. The second-order valence-corrected chi connectivity index (χ2v) is 3.97. The third-order valence-electron chi connectivity index (χ3n) is 2.49. The SMILES string of the molecule is CC(C)[C@@H]1C[C@@H](O)[C@H](O)[C@@H](C(=O)O)O1. The van der Waals surface area contributed by atoms with Crippen molar-refractivity contribution in [2.24, 2.45) is 5.92 Å². The van der Waals surface area contributed by atoms with Crippen molar-refractivity contribution in [3.8, 4) is 0 Å². The maximum absolute atomic E-state index is 10.7. The third kappa shape index (κ3) is 2.23. The number of aliphatic carboxylic acids is 1. The molecule has 14 heavy (non-hydrogen) atoms. The van der Waals surface area contributed by atoms with E-state index in [9.17, 15) is 15.0 Å². The molecule has 0 amide bonds. The fourth-order valence-electron chi connectivity index (χ4n) is 1.54. The van der Waals surface area contributed by atoms with Crippen LogP contribution in [0.1, 0.15) is 20.3 Å². The number of aliphatic hydroxyl groups excluding tert-OH is 2. The number of rotatable bonds is 2. The van der Waals surface area contributed by atoms with E-state index in [1.54, 1.807) is 0 Å². The van der Waals surface area contributed by atoms with Gasteiger partial charge in [0.1, 0.15) is 6.10 Å². The number of carboxylic acids is 1. The van der Waals surface area contributed by atoms with Gasteiger partial charge in [-0.2, -0.15) is 0 Å². The van der Waals surface area contributed by atoms with Crippen molar-refractivity contribution < 1.29 is 24.9 Å². The van der Waals surface area contributed by atoms with Gasteiger partial charge in [-0.25, -0.2) is 4.79 Å². The molecule has 3 N–H and O–H groups in total. The van der Waals surface area contributed by atoms with E-state index >= 15 is 0 Å². The Kier molecular flexibility index (Phi) is 3.47. The summed E-state index contributed by atoms with van der Waals surface area (Å²) in [6.45, 7) is 3.77. The molecule has 5 heteroatoms. The molecule has 1 aliphatic heterocycles. The molecule has 82 valence electrons. The van der Waals surface area contributed by atoms with E-state index < -0.39 is 24.3 Å². The molecule has 0 aromatic heterocycles. The number of hydrogen-bond acceptors (Lipinski definition) is 4. The van der Waals surface area contributed by atoms with Crippen molar-refractivity contribution in [2.75, 3.05) is 0 Å². The quantitative estimate of drug-likeness (QED) is 0.570. The van der Waals surface area contributed by atoms with E-state index in [0.717, 1.165) is 0 Å². The van der Waals surface area contributed by atoms with E-state index in [-0.39, 0.29) is 18.4 Å². The highest BCUT2D eigenvalue weighted by Crippen LogP contribution is 2.25. The normalized spacial score (nSPS) is 38.6. The van der Waals surface area contributed by atoms with Gasteiger partial charge in [-0.3, -0.25) is 0 Å². The standard InChI is InChI=1S/C9H16O5/c1-4(2)6-3-5(10)7(11)8(14-6)9(12)13/h4-8,10-11H,3H2,1-2H3,(H,12,13)/t5-,6+,7+,8+/m1/s1. The smallest absolute Gasteiger partial charge is 0.335 e. The van der Waals surface area contributed by atoms with Crippen molar-refractivity contribution in [3.05, 3.63) is 0 Å². The van der Waals surface area contributed by atoms with Crippen LogP contribution in [0.4, 0.5) is 0 Å². The predicted molar refractivity (Wildman–Crippen MR) is 47.8 cm³/mol. The molecular formula is C9H16O5. The summed E-state index contributed by atoms with van der Waals surface area (Å²) in [4.78, 5) is 10.7. The zero-order chi connectivity index (χ0) is 10.9. The topological polar surface area (TPSA) is 87.0 Å². The Bertz CT molecular complexity index is 215. The Morgan fingerprint density at radius 1 is 1.43 bits per heavy atom.